The highest BCUT2D eigenvalue weighted by atomic mass is 16.1. The van der Waals surface area contributed by atoms with Crippen molar-refractivity contribution in [2.45, 2.75) is 53.0 Å². The molecule has 0 heterocycles. The highest BCUT2D eigenvalue weighted by molar-refractivity contribution is 6.01. The summed E-state index contributed by atoms with van der Waals surface area (Å²) >= 11 is 0. The third-order valence-corrected chi connectivity index (χ3v) is 3.81. The van der Waals surface area contributed by atoms with Gasteiger partial charge < -0.3 is 0 Å². The zero-order chi connectivity index (χ0) is 14.4. The number of carbonyl (C=O) groups excluding carboxylic acids is 1. The first-order valence-corrected chi connectivity index (χ1v) is 7.29. The van der Waals surface area contributed by atoms with E-state index in [1.54, 1.807) is 0 Å². The highest BCUT2D eigenvalue weighted by Gasteiger charge is 2.20. The molecule has 1 atom stereocenters. The molecule has 0 aromatic heterocycles. The Labute approximate surface area is 117 Å². The molecule has 0 amide bonds. The van der Waals surface area contributed by atoms with Crippen LogP contribution in [0.3, 0.4) is 0 Å². The Kier molecular flexibility index (Phi) is 6.23. The maximum atomic E-state index is 12.6. The number of hydrogen-bond acceptors (Lipinski definition) is 2. The van der Waals surface area contributed by atoms with Crippen LogP contribution < -0.4 is 0 Å². The summed E-state index contributed by atoms with van der Waals surface area (Å²) in [6, 6.07) is 6.06. The molecule has 0 N–H and O–H groups in total. The average molecular weight is 261 g/mol. The molecule has 0 aliphatic heterocycles. The van der Waals surface area contributed by atoms with Gasteiger partial charge >= 0.3 is 0 Å². The molecule has 19 heavy (non-hydrogen) atoms. The predicted octanol–water partition coefficient (Wildman–Crippen LogP) is 4.00. The number of benzene rings is 1. The lowest BCUT2D eigenvalue weighted by Crippen LogP contribution is -2.37. The molecule has 1 aromatic rings. The monoisotopic (exact) mass is 261 g/mol. The fraction of sp³-hybridized carbons (Fsp3) is 0.588. The van der Waals surface area contributed by atoms with Gasteiger partial charge in [0.15, 0.2) is 5.78 Å². The van der Waals surface area contributed by atoms with Gasteiger partial charge in [-0.3, -0.25) is 9.69 Å². The van der Waals surface area contributed by atoms with Crippen LogP contribution in [0, 0.1) is 13.8 Å². The number of Topliss-reactive ketones (excluding diaryl/α,β-unsaturated/α-hetero) is 1. The molecule has 1 unspecified atom stereocenters. The summed E-state index contributed by atoms with van der Waals surface area (Å²) in [5.41, 5.74) is 3.09. The van der Waals surface area contributed by atoms with Gasteiger partial charge in [-0.2, -0.15) is 0 Å². The van der Waals surface area contributed by atoms with Crippen molar-refractivity contribution in [2.24, 2.45) is 0 Å². The Hall–Kier alpha value is -1.15. The highest BCUT2D eigenvalue weighted by Crippen LogP contribution is 2.15. The summed E-state index contributed by atoms with van der Waals surface area (Å²) in [7, 11) is 2.04. The van der Waals surface area contributed by atoms with Gasteiger partial charge in [-0.15, -0.1) is 0 Å². The molecule has 0 bridgehead atoms. The van der Waals surface area contributed by atoms with Crippen LogP contribution in [0.15, 0.2) is 18.2 Å². The zero-order valence-corrected chi connectivity index (χ0v) is 13.0. The van der Waals surface area contributed by atoms with Gasteiger partial charge in [0.05, 0.1) is 6.04 Å². The molecule has 0 aliphatic rings. The lowest BCUT2D eigenvalue weighted by molar-refractivity contribution is 0.0866. The van der Waals surface area contributed by atoms with Crippen molar-refractivity contribution in [3.63, 3.8) is 0 Å². The van der Waals surface area contributed by atoms with Crippen LogP contribution in [-0.2, 0) is 0 Å². The smallest absolute Gasteiger partial charge is 0.179 e. The van der Waals surface area contributed by atoms with Crippen LogP contribution in [0.5, 0.6) is 0 Å². The Morgan fingerprint density at radius 2 is 1.95 bits per heavy atom. The molecule has 106 valence electrons. The summed E-state index contributed by atoms with van der Waals surface area (Å²) in [6.07, 6.45) is 3.61. The first-order valence-electron chi connectivity index (χ1n) is 7.29. The summed E-state index contributed by atoms with van der Waals surface area (Å²) in [6.45, 7) is 9.24. The van der Waals surface area contributed by atoms with E-state index in [1.165, 1.54) is 12.8 Å². The standard InChI is InChI=1S/C17H27NO/c1-6-7-8-11-18(5)15(4)17(19)16-12-13(2)9-10-14(16)3/h9-10,12,15H,6-8,11H2,1-5H3. The minimum atomic E-state index is -0.0441. The third kappa shape index (κ3) is 4.46. The Balaban J connectivity index is 2.73. The van der Waals surface area contributed by atoms with E-state index in [-0.39, 0.29) is 11.8 Å². The van der Waals surface area contributed by atoms with Crippen molar-refractivity contribution in [1.82, 2.24) is 4.90 Å². The lowest BCUT2D eigenvalue weighted by atomic mass is 9.97. The van der Waals surface area contributed by atoms with Gasteiger partial charge in [0.2, 0.25) is 0 Å². The number of ketones is 1. The van der Waals surface area contributed by atoms with Crippen molar-refractivity contribution < 1.29 is 4.79 Å². The van der Waals surface area contributed by atoms with E-state index in [1.807, 2.05) is 40.0 Å². The van der Waals surface area contributed by atoms with Crippen molar-refractivity contribution in [3.8, 4) is 0 Å². The van der Waals surface area contributed by atoms with E-state index >= 15 is 0 Å². The first-order chi connectivity index (χ1) is 8.97. The molecule has 0 saturated heterocycles. The van der Waals surface area contributed by atoms with E-state index < -0.39 is 0 Å². The van der Waals surface area contributed by atoms with Crippen molar-refractivity contribution in [1.29, 1.82) is 0 Å². The molecule has 0 spiro atoms. The summed E-state index contributed by atoms with van der Waals surface area (Å²) in [5.74, 6) is 0.236. The number of likely N-dealkylation sites (N-methyl/N-ethyl adjacent to an activating group) is 1. The quantitative estimate of drug-likeness (QED) is 0.546. The number of unbranched alkanes of at least 4 members (excludes halogenated alkanes) is 2. The molecule has 0 aliphatic carbocycles. The summed E-state index contributed by atoms with van der Waals surface area (Å²) < 4.78 is 0. The molecule has 0 fully saturated rings. The van der Waals surface area contributed by atoms with Gasteiger partial charge in [0, 0.05) is 5.56 Å². The fourth-order valence-corrected chi connectivity index (χ4v) is 2.23. The number of rotatable bonds is 7. The second-order valence-corrected chi connectivity index (χ2v) is 5.55. The number of carbonyl (C=O) groups is 1. The van der Waals surface area contributed by atoms with Gasteiger partial charge in [-0.1, -0.05) is 37.5 Å². The molecule has 2 heteroatoms. The minimum Gasteiger partial charge on any atom is -0.297 e. The molecular weight excluding hydrogens is 234 g/mol. The largest absolute Gasteiger partial charge is 0.297 e. The average Bonchev–Trinajstić information content (AvgIpc) is 2.40. The molecular formula is C17H27NO. The number of aryl methyl sites for hydroxylation is 2. The lowest BCUT2D eigenvalue weighted by Gasteiger charge is -2.24. The SMILES string of the molecule is CCCCCN(C)C(C)C(=O)c1cc(C)ccc1C. The van der Waals surface area contributed by atoms with Crippen molar-refractivity contribution in [3.05, 3.63) is 34.9 Å². The van der Waals surface area contributed by atoms with Crippen LogP contribution in [0.2, 0.25) is 0 Å². The van der Waals surface area contributed by atoms with Crippen molar-refractivity contribution in [2.75, 3.05) is 13.6 Å². The van der Waals surface area contributed by atoms with Crippen LogP contribution in [-0.4, -0.2) is 30.3 Å². The van der Waals surface area contributed by atoms with E-state index in [0.717, 1.165) is 29.7 Å². The Morgan fingerprint density at radius 1 is 1.26 bits per heavy atom. The van der Waals surface area contributed by atoms with Crippen LogP contribution in [0.4, 0.5) is 0 Å². The summed E-state index contributed by atoms with van der Waals surface area (Å²) in [5, 5.41) is 0. The van der Waals surface area contributed by atoms with Gasteiger partial charge in [-0.05, 0) is 52.4 Å². The minimum absolute atomic E-state index is 0.0441. The Morgan fingerprint density at radius 3 is 2.58 bits per heavy atom. The van der Waals surface area contributed by atoms with Gasteiger partial charge in [0.1, 0.15) is 0 Å². The zero-order valence-electron chi connectivity index (χ0n) is 13.0. The normalized spacial score (nSPS) is 12.7. The second-order valence-electron chi connectivity index (χ2n) is 5.55. The molecule has 0 radical (unpaired) electrons. The van der Waals surface area contributed by atoms with E-state index in [4.69, 9.17) is 0 Å². The summed E-state index contributed by atoms with van der Waals surface area (Å²) in [4.78, 5) is 14.7. The molecule has 1 aromatic carbocycles. The van der Waals surface area contributed by atoms with E-state index in [0.29, 0.717) is 0 Å². The molecule has 2 nitrogen and oxygen atoms in total. The second kappa shape index (κ2) is 7.44. The molecule has 1 rings (SSSR count). The van der Waals surface area contributed by atoms with Gasteiger partial charge in [-0.25, -0.2) is 0 Å². The maximum absolute atomic E-state index is 12.6. The molecule has 0 saturated carbocycles. The topological polar surface area (TPSA) is 20.3 Å². The van der Waals surface area contributed by atoms with Crippen LogP contribution in [0.25, 0.3) is 0 Å². The Bertz CT molecular complexity index is 425. The number of nitrogens with zero attached hydrogens (tertiary/aromatic N) is 1. The van der Waals surface area contributed by atoms with Crippen LogP contribution >= 0.6 is 0 Å². The third-order valence-electron chi connectivity index (χ3n) is 3.81. The van der Waals surface area contributed by atoms with Gasteiger partial charge in [0.25, 0.3) is 0 Å². The van der Waals surface area contributed by atoms with Crippen LogP contribution in [0.1, 0.15) is 54.6 Å². The first kappa shape index (κ1) is 15.9. The van der Waals surface area contributed by atoms with E-state index in [2.05, 4.69) is 17.9 Å². The maximum Gasteiger partial charge on any atom is 0.179 e. The van der Waals surface area contributed by atoms with E-state index in [9.17, 15) is 4.79 Å². The van der Waals surface area contributed by atoms with Crippen molar-refractivity contribution >= 4 is 5.78 Å². The predicted molar refractivity (Wildman–Crippen MR) is 81.9 cm³/mol. The number of hydrogen-bond donors (Lipinski definition) is 0. The fourth-order valence-electron chi connectivity index (χ4n) is 2.23.